The van der Waals surface area contributed by atoms with Gasteiger partial charge in [-0.1, -0.05) is 24.3 Å². The lowest BCUT2D eigenvalue weighted by molar-refractivity contribution is -0.131. The molecule has 2 amide bonds. The molecule has 0 aromatic heterocycles. The van der Waals surface area contributed by atoms with Crippen LogP contribution in [0.5, 0.6) is 0 Å². The fourth-order valence-electron chi connectivity index (χ4n) is 3.71. The molecule has 0 atom stereocenters. The molecule has 0 aliphatic carbocycles. The number of carbonyl (C=O) groups is 2. The summed E-state index contributed by atoms with van der Waals surface area (Å²) in [5.74, 6) is -0.313. The summed E-state index contributed by atoms with van der Waals surface area (Å²) in [5, 5.41) is 0. The lowest BCUT2D eigenvalue weighted by Crippen LogP contribution is -2.53. The molecule has 0 spiro atoms. The zero-order valence-electron chi connectivity index (χ0n) is 18.7. The zero-order chi connectivity index (χ0) is 23.3. The Morgan fingerprint density at radius 2 is 1.50 bits per heavy atom. The first-order valence-corrected chi connectivity index (χ1v) is 12.0. The Morgan fingerprint density at radius 1 is 0.938 bits per heavy atom. The standard InChI is InChI=1S/C23H29N3O5S/c1-4-31-23(28)25-12-10-24(11-13-25)22(27)17-26(20-15-18(2)14-19(3)16-20)32(29,30)21-8-6-5-7-9-21/h5-9,14-16H,4,10-13,17H2,1-3H3. The van der Waals surface area contributed by atoms with Gasteiger partial charge in [-0.2, -0.15) is 0 Å². The Hall–Kier alpha value is -3.07. The number of aryl methyl sites for hydroxylation is 2. The maximum atomic E-state index is 13.5. The fraction of sp³-hybridized carbons (Fsp3) is 0.391. The van der Waals surface area contributed by atoms with Crippen LogP contribution in [0.2, 0.25) is 0 Å². The largest absolute Gasteiger partial charge is 0.450 e. The van der Waals surface area contributed by atoms with E-state index in [2.05, 4.69) is 0 Å². The van der Waals surface area contributed by atoms with Gasteiger partial charge in [0.2, 0.25) is 5.91 Å². The molecule has 172 valence electrons. The molecule has 1 aliphatic rings. The second-order valence-corrected chi connectivity index (χ2v) is 9.60. The Balaban J connectivity index is 1.84. The van der Waals surface area contributed by atoms with Gasteiger partial charge in [0.25, 0.3) is 10.0 Å². The number of sulfonamides is 1. The molecule has 0 bridgehead atoms. The van der Waals surface area contributed by atoms with Crippen LogP contribution in [-0.4, -0.2) is 69.5 Å². The van der Waals surface area contributed by atoms with Crippen LogP contribution in [0, 0.1) is 13.8 Å². The van der Waals surface area contributed by atoms with Crippen LogP contribution in [0.1, 0.15) is 18.1 Å². The van der Waals surface area contributed by atoms with Crippen LogP contribution in [0.3, 0.4) is 0 Å². The molecular weight excluding hydrogens is 430 g/mol. The highest BCUT2D eigenvalue weighted by Crippen LogP contribution is 2.26. The number of amides is 2. The van der Waals surface area contributed by atoms with Gasteiger partial charge in [0.1, 0.15) is 6.54 Å². The molecule has 9 heteroatoms. The summed E-state index contributed by atoms with van der Waals surface area (Å²) in [4.78, 5) is 28.3. The molecule has 1 saturated heterocycles. The second kappa shape index (κ2) is 10.0. The lowest BCUT2D eigenvalue weighted by Gasteiger charge is -2.35. The van der Waals surface area contributed by atoms with Crippen molar-refractivity contribution in [2.24, 2.45) is 0 Å². The van der Waals surface area contributed by atoms with Crippen LogP contribution in [0.15, 0.2) is 53.4 Å². The first-order chi connectivity index (χ1) is 15.2. The molecular formula is C23H29N3O5S. The van der Waals surface area contributed by atoms with E-state index in [1.54, 1.807) is 47.1 Å². The van der Waals surface area contributed by atoms with Crippen molar-refractivity contribution >= 4 is 27.7 Å². The monoisotopic (exact) mass is 459 g/mol. The number of carbonyl (C=O) groups excluding carboxylic acids is 2. The molecule has 32 heavy (non-hydrogen) atoms. The predicted molar refractivity (Wildman–Crippen MR) is 122 cm³/mol. The van der Waals surface area contributed by atoms with Crippen molar-refractivity contribution in [2.45, 2.75) is 25.7 Å². The van der Waals surface area contributed by atoms with E-state index < -0.39 is 16.1 Å². The topological polar surface area (TPSA) is 87.2 Å². The van der Waals surface area contributed by atoms with Gasteiger partial charge in [0.15, 0.2) is 0 Å². The van der Waals surface area contributed by atoms with Gasteiger partial charge in [-0.3, -0.25) is 9.10 Å². The van der Waals surface area contributed by atoms with Gasteiger partial charge in [-0.15, -0.1) is 0 Å². The van der Waals surface area contributed by atoms with Crippen molar-refractivity contribution in [3.8, 4) is 0 Å². The molecule has 0 unspecified atom stereocenters. The number of anilines is 1. The number of hydrogen-bond donors (Lipinski definition) is 0. The molecule has 8 nitrogen and oxygen atoms in total. The molecule has 2 aromatic rings. The van der Waals surface area contributed by atoms with Gasteiger partial charge >= 0.3 is 6.09 Å². The Kier molecular flexibility index (Phi) is 7.40. The van der Waals surface area contributed by atoms with Gasteiger partial charge in [0.05, 0.1) is 17.2 Å². The third-order valence-corrected chi connectivity index (χ3v) is 7.05. The van der Waals surface area contributed by atoms with Gasteiger partial charge in [-0.25, -0.2) is 13.2 Å². The van der Waals surface area contributed by atoms with E-state index in [1.807, 2.05) is 19.9 Å². The summed E-state index contributed by atoms with van der Waals surface area (Å²) in [6, 6.07) is 13.6. The highest BCUT2D eigenvalue weighted by atomic mass is 32.2. The second-order valence-electron chi connectivity index (χ2n) is 7.74. The van der Waals surface area contributed by atoms with Gasteiger partial charge in [-0.05, 0) is 56.2 Å². The minimum atomic E-state index is -3.95. The normalized spacial score (nSPS) is 14.2. The summed E-state index contributed by atoms with van der Waals surface area (Å²) in [6.45, 7) is 6.83. The molecule has 0 saturated carbocycles. The maximum Gasteiger partial charge on any atom is 0.409 e. The SMILES string of the molecule is CCOC(=O)N1CCN(C(=O)CN(c2cc(C)cc(C)c2)S(=O)(=O)c2ccccc2)CC1. The average molecular weight is 460 g/mol. The maximum absolute atomic E-state index is 13.5. The van der Waals surface area contributed by atoms with Crippen LogP contribution < -0.4 is 4.31 Å². The van der Waals surface area contributed by atoms with E-state index in [0.717, 1.165) is 11.1 Å². The molecule has 0 radical (unpaired) electrons. The Labute approximate surface area is 189 Å². The minimum absolute atomic E-state index is 0.124. The van der Waals surface area contributed by atoms with E-state index in [9.17, 15) is 18.0 Å². The van der Waals surface area contributed by atoms with Crippen LogP contribution >= 0.6 is 0 Å². The third kappa shape index (κ3) is 5.40. The van der Waals surface area contributed by atoms with E-state index in [4.69, 9.17) is 4.74 Å². The fourth-order valence-corrected chi connectivity index (χ4v) is 5.12. The Morgan fingerprint density at radius 3 is 2.06 bits per heavy atom. The van der Waals surface area contributed by atoms with Crippen molar-refractivity contribution in [3.63, 3.8) is 0 Å². The number of rotatable bonds is 6. The molecule has 2 aromatic carbocycles. The lowest BCUT2D eigenvalue weighted by atomic mass is 10.1. The summed E-state index contributed by atoms with van der Waals surface area (Å²) in [7, 11) is -3.95. The third-order valence-electron chi connectivity index (χ3n) is 5.26. The zero-order valence-corrected chi connectivity index (χ0v) is 19.5. The Bertz CT molecular complexity index is 1040. The van der Waals surface area contributed by atoms with Crippen LogP contribution in [0.25, 0.3) is 0 Å². The number of benzene rings is 2. The van der Waals surface area contributed by atoms with Crippen molar-refractivity contribution in [1.82, 2.24) is 9.80 Å². The predicted octanol–water partition coefficient (Wildman–Crippen LogP) is 2.80. The van der Waals surface area contributed by atoms with Crippen molar-refractivity contribution in [1.29, 1.82) is 0 Å². The minimum Gasteiger partial charge on any atom is -0.450 e. The van der Waals surface area contributed by atoms with E-state index >= 15 is 0 Å². The summed E-state index contributed by atoms with van der Waals surface area (Å²) < 4.78 is 33.1. The van der Waals surface area contributed by atoms with Crippen LogP contribution in [0.4, 0.5) is 10.5 Å². The number of ether oxygens (including phenoxy) is 1. The average Bonchev–Trinajstić information content (AvgIpc) is 2.77. The van der Waals surface area contributed by atoms with Crippen molar-refractivity contribution < 1.29 is 22.7 Å². The van der Waals surface area contributed by atoms with E-state index in [1.165, 1.54) is 16.4 Å². The summed E-state index contributed by atoms with van der Waals surface area (Å²) in [5.41, 5.74) is 2.26. The van der Waals surface area contributed by atoms with Gasteiger partial charge < -0.3 is 14.5 Å². The quantitative estimate of drug-likeness (QED) is 0.663. The number of hydrogen-bond acceptors (Lipinski definition) is 5. The molecule has 0 N–H and O–H groups in total. The van der Waals surface area contributed by atoms with Crippen molar-refractivity contribution in [2.75, 3.05) is 43.6 Å². The highest BCUT2D eigenvalue weighted by Gasteiger charge is 2.31. The van der Waals surface area contributed by atoms with Gasteiger partial charge in [0, 0.05) is 26.2 Å². The van der Waals surface area contributed by atoms with E-state index in [0.29, 0.717) is 38.5 Å². The first kappa shape index (κ1) is 23.6. The van der Waals surface area contributed by atoms with Crippen molar-refractivity contribution in [3.05, 3.63) is 59.7 Å². The van der Waals surface area contributed by atoms with E-state index in [-0.39, 0.29) is 17.3 Å². The summed E-state index contributed by atoms with van der Waals surface area (Å²) in [6.07, 6.45) is -0.400. The number of nitrogens with zero attached hydrogens (tertiary/aromatic N) is 3. The summed E-state index contributed by atoms with van der Waals surface area (Å²) >= 11 is 0. The smallest absolute Gasteiger partial charge is 0.409 e. The number of piperazine rings is 1. The van der Waals surface area contributed by atoms with Crippen LogP contribution in [-0.2, 0) is 19.6 Å². The molecule has 1 fully saturated rings. The molecule has 1 aliphatic heterocycles. The first-order valence-electron chi connectivity index (χ1n) is 10.6. The highest BCUT2D eigenvalue weighted by molar-refractivity contribution is 7.92. The molecule has 3 rings (SSSR count). The molecule has 1 heterocycles.